The fourth-order valence-corrected chi connectivity index (χ4v) is 2.02. The summed E-state index contributed by atoms with van der Waals surface area (Å²) >= 11 is 1.56. The lowest BCUT2D eigenvalue weighted by Crippen LogP contribution is -2.41. The zero-order chi connectivity index (χ0) is 14.1. The van der Waals surface area contributed by atoms with E-state index in [1.165, 1.54) is 0 Å². The third-order valence-electron chi connectivity index (χ3n) is 2.58. The summed E-state index contributed by atoms with van der Waals surface area (Å²) in [6, 6.07) is 4.71. The number of aliphatic carboxylic acids is 1. The minimum absolute atomic E-state index is 0.250. The Kier molecular flexibility index (Phi) is 6.95. The third-order valence-corrected chi connectivity index (χ3v) is 3.22. The number of carbonyl (C=O) groups is 2. The van der Waals surface area contributed by atoms with Gasteiger partial charge in [0.2, 0.25) is 5.91 Å². The van der Waals surface area contributed by atoms with Crippen LogP contribution in [-0.4, -0.2) is 40.0 Å². The van der Waals surface area contributed by atoms with E-state index in [-0.39, 0.29) is 12.3 Å². The first-order valence-electron chi connectivity index (χ1n) is 6.04. The first-order valence-corrected chi connectivity index (χ1v) is 7.44. The summed E-state index contributed by atoms with van der Waals surface area (Å²) in [5.41, 5.74) is 0.827. The van der Waals surface area contributed by atoms with Crippen LogP contribution >= 0.6 is 11.8 Å². The number of hydrogen-bond donors (Lipinski definition) is 2. The molecule has 1 heterocycles. The quantitative estimate of drug-likeness (QED) is 0.752. The number of aryl methyl sites for hydroxylation is 1. The van der Waals surface area contributed by atoms with Crippen molar-refractivity contribution in [2.75, 3.05) is 12.0 Å². The van der Waals surface area contributed by atoms with E-state index in [4.69, 9.17) is 5.11 Å². The van der Waals surface area contributed by atoms with Crippen molar-refractivity contribution in [3.63, 3.8) is 0 Å². The Hall–Kier alpha value is -1.56. The number of carbonyl (C=O) groups excluding carboxylic acids is 1. The van der Waals surface area contributed by atoms with Gasteiger partial charge in [0.05, 0.1) is 0 Å². The number of aromatic nitrogens is 1. The molecule has 0 aliphatic carbocycles. The van der Waals surface area contributed by atoms with E-state index >= 15 is 0 Å². The molecule has 0 aromatic carbocycles. The van der Waals surface area contributed by atoms with Gasteiger partial charge >= 0.3 is 5.97 Å². The molecule has 6 heteroatoms. The van der Waals surface area contributed by atoms with Crippen LogP contribution in [0.4, 0.5) is 0 Å². The molecule has 0 saturated carbocycles. The topological polar surface area (TPSA) is 79.3 Å². The number of nitrogens with zero attached hydrogens (tertiary/aromatic N) is 1. The molecule has 5 nitrogen and oxygen atoms in total. The van der Waals surface area contributed by atoms with E-state index in [0.717, 1.165) is 5.69 Å². The van der Waals surface area contributed by atoms with E-state index in [9.17, 15) is 9.59 Å². The Morgan fingerprint density at radius 1 is 1.47 bits per heavy atom. The average Bonchev–Trinajstić information content (AvgIpc) is 2.42. The van der Waals surface area contributed by atoms with Crippen LogP contribution in [0, 0.1) is 0 Å². The standard InChI is InChI=1S/C13H18N2O3S/c1-19-9-7-11(13(17)18)15-12(16)6-5-10-4-2-3-8-14-10/h2-4,8,11H,5-7,9H2,1H3,(H,15,16)(H,17,18)/t11-/m0/s1. The molecule has 1 rings (SSSR count). The van der Waals surface area contributed by atoms with Gasteiger partial charge in [-0.2, -0.15) is 11.8 Å². The first-order chi connectivity index (χ1) is 9.13. The van der Waals surface area contributed by atoms with Crippen LogP contribution in [0.5, 0.6) is 0 Å². The number of hydrogen-bond acceptors (Lipinski definition) is 4. The van der Waals surface area contributed by atoms with E-state index in [2.05, 4.69) is 10.3 Å². The van der Waals surface area contributed by atoms with Gasteiger partial charge in [-0.25, -0.2) is 4.79 Å². The molecule has 1 amide bonds. The van der Waals surface area contributed by atoms with Gasteiger partial charge < -0.3 is 10.4 Å². The van der Waals surface area contributed by atoms with Gasteiger partial charge in [0.25, 0.3) is 0 Å². The Bertz CT molecular complexity index is 412. The van der Waals surface area contributed by atoms with Gasteiger partial charge in [-0.15, -0.1) is 0 Å². The molecule has 0 unspecified atom stereocenters. The van der Waals surface area contributed by atoms with Gasteiger partial charge in [0.1, 0.15) is 6.04 Å². The molecule has 0 spiro atoms. The maximum Gasteiger partial charge on any atom is 0.326 e. The Morgan fingerprint density at radius 2 is 2.26 bits per heavy atom. The maximum atomic E-state index is 11.7. The van der Waals surface area contributed by atoms with Crippen molar-refractivity contribution in [2.45, 2.75) is 25.3 Å². The summed E-state index contributed by atoms with van der Waals surface area (Å²) in [4.78, 5) is 26.8. The Morgan fingerprint density at radius 3 is 2.84 bits per heavy atom. The number of amides is 1. The second-order valence-corrected chi connectivity index (χ2v) is 5.05. The van der Waals surface area contributed by atoms with Crippen LogP contribution in [0.3, 0.4) is 0 Å². The highest BCUT2D eigenvalue weighted by molar-refractivity contribution is 7.98. The summed E-state index contributed by atoms with van der Waals surface area (Å²) in [5.74, 6) is -0.531. The van der Waals surface area contributed by atoms with Gasteiger partial charge in [0.15, 0.2) is 0 Å². The number of thioether (sulfide) groups is 1. The van der Waals surface area contributed by atoms with Crippen molar-refractivity contribution >= 4 is 23.6 Å². The zero-order valence-corrected chi connectivity index (χ0v) is 11.7. The highest BCUT2D eigenvalue weighted by atomic mass is 32.2. The highest BCUT2D eigenvalue weighted by Crippen LogP contribution is 2.03. The minimum Gasteiger partial charge on any atom is -0.480 e. The highest BCUT2D eigenvalue weighted by Gasteiger charge is 2.18. The minimum atomic E-state index is -0.986. The fourth-order valence-electron chi connectivity index (χ4n) is 1.55. The molecule has 19 heavy (non-hydrogen) atoms. The van der Waals surface area contributed by atoms with Gasteiger partial charge in [-0.3, -0.25) is 9.78 Å². The van der Waals surface area contributed by atoms with Crippen LogP contribution < -0.4 is 5.32 Å². The normalized spacial score (nSPS) is 11.8. The molecule has 1 aromatic heterocycles. The summed E-state index contributed by atoms with van der Waals surface area (Å²) in [5, 5.41) is 11.5. The summed E-state index contributed by atoms with van der Waals surface area (Å²) in [6.45, 7) is 0. The first kappa shape index (κ1) is 15.5. The predicted molar refractivity (Wildman–Crippen MR) is 75.1 cm³/mol. The number of carboxylic acid groups (broad SMARTS) is 1. The number of rotatable bonds is 8. The van der Waals surface area contributed by atoms with Crippen molar-refractivity contribution in [3.8, 4) is 0 Å². The molecule has 0 aliphatic rings. The smallest absolute Gasteiger partial charge is 0.326 e. The molecule has 0 fully saturated rings. The molecular weight excluding hydrogens is 264 g/mol. The summed E-state index contributed by atoms with van der Waals surface area (Å²) < 4.78 is 0. The van der Waals surface area contributed by atoms with Crippen LogP contribution in [0.25, 0.3) is 0 Å². The largest absolute Gasteiger partial charge is 0.480 e. The SMILES string of the molecule is CSCC[C@H](NC(=O)CCc1ccccn1)C(=O)O. The number of pyridine rings is 1. The zero-order valence-electron chi connectivity index (χ0n) is 10.8. The molecular formula is C13H18N2O3S. The Balaban J connectivity index is 2.38. The lowest BCUT2D eigenvalue weighted by atomic mass is 10.2. The molecule has 104 valence electrons. The molecule has 0 radical (unpaired) electrons. The number of carboxylic acids is 1. The van der Waals surface area contributed by atoms with Crippen molar-refractivity contribution in [1.29, 1.82) is 0 Å². The van der Waals surface area contributed by atoms with E-state index in [1.807, 2.05) is 24.5 Å². The Labute approximate surface area is 116 Å². The van der Waals surface area contributed by atoms with Crippen molar-refractivity contribution in [3.05, 3.63) is 30.1 Å². The monoisotopic (exact) mass is 282 g/mol. The molecule has 0 saturated heterocycles. The number of nitrogens with one attached hydrogen (secondary N) is 1. The van der Waals surface area contributed by atoms with Crippen molar-refractivity contribution in [1.82, 2.24) is 10.3 Å². The molecule has 0 bridgehead atoms. The third kappa shape index (κ3) is 6.24. The van der Waals surface area contributed by atoms with Gasteiger partial charge in [-0.1, -0.05) is 6.07 Å². The van der Waals surface area contributed by atoms with Crippen LogP contribution in [0.15, 0.2) is 24.4 Å². The predicted octanol–water partition coefficient (Wildman–Crippen LogP) is 1.34. The van der Waals surface area contributed by atoms with Crippen molar-refractivity contribution in [2.24, 2.45) is 0 Å². The second-order valence-electron chi connectivity index (χ2n) is 4.06. The van der Waals surface area contributed by atoms with E-state index in [1.54, 1.807) is 18.0 Å². The maximum absolute atomic E-state index is 11.7. The van der Waals surface area contributed by atoms with Crippen LogP contribution in [0.1, 0.15) is 18.5 Å². The average molecular weight is 282 g/mol. The fraction of sp³-hybridized carbons (Fsp3) is 0.462. The molecule has 1 aromatic rings. The van der Waals surface area contributed by atoms with Crippen LogP contribution in [0.2, 0.25) is 0 Å². The van der Waals surface area contributed by atoms with Gasteiger partial charge in [0, 0.05) is 18.3 Å². The second kappa shape index (κ2) is 8.53. The lowest BCUT2D eigenvalue weighted by Gasteiger charge is -2.13. The van der Waals surface area contributed by atoms with Crippen molar-refractivity contribution < 1.29 is 14.7 Å². The summed E-state index contributed by atoms with van der Waals surface area (Å²) in [7, 11) is 0. The molecule has 2 N–H and O–H groups in total. The van der Waals surface area contributed by atoms with Crippen LogP contribution in [-0.2, 0) is 16.0 Å². The summed E-state index contributed by atoms with van der Waals surface area (Å²) in [6.07, 6.45) is 4.78. The lowest BCUT2D eigenvalue weighted by molar-refractivity contribution is -0.141. The van der Waals surface area contributed by atoms with Gasteiger partial charge in [-0.05, 0) is 37.0 Å². The molecule has 0 aliphatic heterocycles. The van der Waals surface area contributed by atoms with E-state index in [0.29, 0.717) is 18.6 Å². The van der Waals surface area contributed by atoms with E-state index < -0.39 is 12.0 Å². The molecule has 1 atom stereocenters.